The molecule has 0 saturated heterocycles. The number of rotatable bonds is 7. The van der Waals surface area contributed by atoms with Gasteiger partial charge in [0.25, 0.3) is 0 Å². The van der Waals surface area contributed by atoms with Crippen molar-refractivity contribution in [3.63, 3.8) is 0 Å². The Morgan fingerprint density at radius 1 is 1.12 bits per heavy atom. The van der Waals surface area contributed by atoms with Crippen molar-refractivity contribution in [2.75, 3.05) is 20.1 Å². The second-order valence-electron chi connectivity index (χ2n) is 6.22. The molecule has 0 radical (unpaired) electrons. The molecule has 0 unspecified atom stereocenters. The molecule has 1 aliphatic rings. The molecule has 1 aromatic carbocycles. The van der Waals surface area contributed by atoms with Gasteiger partial charge in [0.05, 0.1) is 4.90 Å². The van der Waals surface area contributed by atoms with Crippen LogP contribution in [0.15, 0.2) is 45.8 Å². The van der Waals surface area contributed by atoms with E-state index in [0.29, 0.717) is 0 Å². The van der Waals surface area contributed by atoms with Gasteiger partial charge in [0.1, 0.15) is 0 Å². The molecule has 0 aliphatic heterocycles. The average Bonchev–Trinajstić information content (AvgIpc) is 2.61. The number of nitrogens with zero attached hydrogens (tertiary/aromatic N) is 1. The van der Waals surface area contributed by atoms with Crippen LogP contribution in [-0.2, 0) is 16.4 Å². The van der Waals surface area contributed by atoms with E-state index in [4.69, 9.17) is 5.14 Å². The molecule has 26 heavy (non-hydrogen) atoms. The van der Waals surface area contributed by atoms with Crippen molar-refractivity contribution >= 4 is 40.0 Å². The van der Waals surface area contributed by atoms with E-state index in [9.17, 15) is 8.42 Å². The summed E-state index contributed by atoms with van der Waals surface area (Å²) in [5.41, 5.74) is 2.59. The number of sulfonamides is 1. The number of nitrogens with one attached hydrogen (secondary N) is 2. The smallest absolute Gasteiger partial charge is 0.238 e. The summed E-state index contributed by atoms with van der Waals surface area (Å²) < 4.78 is 22.5. The lowest BCUT2D eigenvalue weighted by Gasteiger charge is -2.15. The summed E-state index contributed by atoms with van der Waals surface area (Å²) >= 11 is 0. The first-order valence-corrected chi connectivity index (χ1v) is 10.3. The summed E-state index contributed by atoms with van der Waals surface area (Å²) in [5.74, 6) is 0.789. The maximum atomic E-state index is 11.2. The molecule has 1 aliphatic carbocycles. The van der Waals surface area contributed by atoms with Crippen LogP contribution in [-0.4, -0.2) is 34.5 Å². The van der Waals surface area contributed by atoms with E-state index in [2.05, 4.69) is 21.7 Å². The fraction of sp³-hybridized carbons (Fsp3) is 0.500. The summed E-state index contributed by atoms with van der Waals surface area (Å²) in [4.78, 5) is 4.37. The van der Waals surface area contributed by atoms with Crippen LogP contribution in [0.5, 0.6) is 0 Å². The average molecular weight is 492 g/mol. The molecule has 0 spiro atoms. The van der Waals surface area contributed by atoms with Crippen LogP contribution in [0.2, 0.25) is 0 Å². The third-order valence-corrected chi connectivity index (χ3v) is 5.23. The van der Waals surface area contributed by atoms with Crippen molar-refractivity contribution in [3.8, 4) is 0 Å². The van der Waals surface area contributed by atoms with Crippen LogP contribution in [0.3, 0.4) is 0 Å². The minimum absolute atomic E-state index is 0. The maximum Gasteiger partial charge on any atom is 0.238 e. The first-order chi connectivity index (χ1) is 12.0. The van der Waals surface area contributed by atoms with Crippen LogP contribution >= 0.6 is 24.0 Å². The highest BCUT2D eigenvalue weighted by Gasteiger charge is 2.07. The molecule has 0 saturated carbocycles. The van der Waals surface area contributed by atoms with Crippen molar-refractivity contribution in [1.82, 2.24) is 10.6 Å². The van der Waals surface area contributed by atoms with Crippen molar-refractivity contribution in [2.24, 2.45) is 10.1 Å². The zero-order chi connectivity index (χ0) is 18.1. The largest absolute Gasteiger partial charge is 0.356 e. The van der Waals surface area contributed by atoms with Gasteiger partial charge in [-0.05, 0) is 56.2 Å². The quantitative estimate of drug-likeness (QED) is 0.236. The summed E-state index contributed by atoms with van der Waals surface area (Å²) in [6.45, 7) is 1.60. The molecule has 0 amide bonds. The van der Waals surface area contributed by atoms with E-state index in [1.807, 2.05) is 0 Å². The van der Waals surface area contributed by atoms with Crippen LogP contribution in [0.1, 0.15) is 37.7 Å². The predicted octanol–water partition coefficient (Wildman–Crippen LogP) is 2.55. The molecule has 0 bridgehead atoms. The first-order valence-electron chi connectivity index (χ1n) is 8.73. The molecule has 0 heterocycles. The van der Waals surface area contributed by atoms with Gasteiger partial charge in [0, 0.05) is 20.1 Å². The zero-order valence-corrected chi connectivity index (χ0v) is 18.3. The first kappa shape index (κ1) is 22.9. The van der Waals surface area contributed by atoms with Gasteiger partial charge in [-0.15, -0.1) is 24.0 Å². The number of hydrogen-bond acceptors (Lipinski definition) is 3. The number of primary sulfonamides is 1. The third-order valence-electron chi connectivity index (χ3n) is 4.31. The van der Waals surface area contributed by atoms with Gasteiger partial charge in [-0.25, -0.2) is 13.6 Å². The van der Waals surface area contributed by atoms with Gasteiger partial charge < -0.3 is 10.6 Å². The Balaban J connectivity index is 0.00000338. The van der Waals surface area contributed by atoms with Crippen LogP contribution < -0.4 is 15.8 Å². The Morgan fingerprint density at radius 3 is 2.31 bits per heavy atom. The number of guanidine groups is 1. The summed E-state index contributed by atoms with van der Waals surface area (Å²) in [6, 6.07) is 6.64. The van der Waals surface area contributed by atoms with Crippen molar-refractivity contribution in [2.45, 2.75) is 43.4 Å². The Bertz CT molecular complexity index is 715. The lowest BCUT2D eigenvalue weighted by atomic mass is 9.97. The molecule has 0 atom stereocenters. The molecule has 1 aromatic rings. The van der Waals surface area contributed by atoms with Crippen LogP contribution in [0.25, 0.3) is 0 Å². The van der Waals surface area contributed by atoms with Gasteiger partial charge in [0.15, 0.2) is 5.96 Å². The SMILES string of the molecule is CN=C(NCCC1=CCCCC1)NCCc1ccc(S(N)(=O)=O)cc1.I. The Labute approximate surface area is 173 Å². The van der Waals surface area contributed by atoms with Crippen LogP contribution in [0, 0.1) is 0 Å². The van der Waals surface area contributed by atoms with Gasteiger partial charge in [-0.2, -0.15) is 0 Å². The molecule has 4 N–H and O–H groups in total. The van der Waals surface area contributed by atoms with E-state index in [1.165, 1.54) is 37.8 Å². The Kier molecular flexibility index (Phi) is 10.2. The Morgan fingerprint density at radius 2 is 1.77 bits per heavy atom. The van der Waals surface area contributed by atoms with E-state index in [1.54, 1.807) is 24.8 Å². The normalized spacial score (nSPS) is 15.0. The summed E-state index contributed by atoms with van der Waals surface area (Å²) in [5, 5.41) is 11.7. The number of nitrogens with two attached hydrogens (primary N) is 1. The van der Waals surface area contributed by atoms with E-state index in [-0.39, 0.29) is 28.9 Å². The van der Waals surface area contributed by atoms with Crippen LogP contribution in [0.4, 0.5) is 0 Å². The minimum atomic E-state index is -3.63. The highest BCUT2D eigenvalue weighted by atomic mass is 127. The number of benzene rings is 1. The van der Waals surface area contributed by atoms with Gasteiger partial charge in [0.2, 0.25) is 10.0 Å². The van der Waals surface area contributed by atoms with E-state index < -0.39 is 10.0 Å². The molecule has 0 fully saturated rings. The zero-order valence-electron chi connectivity index (χ0n) is 15.2. The molecular formula is C18H29IN4O2S. The van der Waals surface area contributed by atoms with Gasteiger partial charge in [-0.1, -0.05) is 23.8 Å². The maximum absolute atomic E-state index is 11.2. The standard InChI is InChI=1S/C18H28N4O2S.HI/c1-20-18(21-13-11-15-5-3-2-4-6-15)22-14-12-16-7-9-17(10-8-16)25(19,23)24;/h5,7-10H,2-4,6,11-14H2,1H3,(H2,19,23,24)(H2,20,21,22);1H. The highest BCUT2D eigenvalue weighted by molar-refractivity contribution is 14.0. The molecule has 6 nitrogen and oxygen atoms in total. The second-order valence-corrected chi connectivity index (χ2v) is 7.78. The summed E-state index contributed by atoms with van der Waals surface area (Å²) in [7, 11) is -1.87. The second kappa shape index (κ2) is 11.6. The Hall–Kier alpha value is -1.13. The van der Waals surface area contributed by atoms with Crippen molar-refractivity contribution < 1.29 is 8.42 Å². The number of allylic oxidation sites excluding steroid dienone is 1. The number of aliphatic imine (C=N–C) groups is 1. The van der Waals surface area contributed by atoms with E-state index in [0.717, 1.165) is 37.5 Å². The monoisotopic (exact) mass is 492 g/mol. The fourth-order valence-electron chi connectivity index (χ4n) is 2.86. The minimum Gasteiger partial charge on any atom is -0.356 e. The lowest BCUT2D eigenvalue weighted by Crippen LogP contribution is -2.38. The fourth-order valence-corrected chi connectivity index (χ4v) is 3.38. The molecule has 146 valence electrons. The number of hydrogen-bond donors (Lipinski definition) is 3. The van der Waals surface area contributed by atoms with Crippen molar-refractivity contribution in [1.29, 1.82) is 0 Å². The van der Waals surface area contributed by atoms with Crippen molar-refractivity contribution in [3.05, 3.63) is 41.5 Å². The third kappa shape index (κ3) is 8.05. The predicted molar refractivity (Wildman–Crippen MR) is 117 cm³/mol. The molecule has 2 rings (SSSR count). The van der Waals surface area contributed by atoms with E-state index >= 15 is 0 Å². The van der Waals surface area contributed by atoms with Gasteiger partial charge >= 0.3 is 0 Å². The van der Waals surface area contributed by atoms with Gasteiger partial charge in [-0.3, -0.25) is 4.99 Å². The highest BCUT2D eigenvalue weighted by Crippen LogP contribution is 2.19. The molecule has 0 aromatic heterocycles. The number of halogens is 1. The lowest BCUT2D eigenvalue weighted by molar-refractivity contribution is 0.598. The molecule has 8 heteroatoms. The summed E-state index contributed by atoms with van der Waals surface area (Å²) in [6.07, 6.45) is 9.27. The molecular weight excluding hydrogens is 463 g/mol. The topological polar surface area (TPSA) is 96.6 Å².